The Labute approximate surface area is 167 Å². The molecule has 2 fully saturated rings. The van der Waals surface area contributed by atoms with Crippen molar-refractivity contribution in [2.75, 3.05) is 26.2 Å². The van der Waals surface area contributed by atoms with Gasteiger partial charge in [-0.25, -0.2) is 0 Å². The van der Waals surface area contributed by atoms with E-state index >= 15 is 0 Å². The van der Waals surface area contributed by atoms with Crippen molar-refractivity contribution in [1.29, 1.82) is 0 Å². The van der Waals surface area contributed by atoms with Crippen LogP contribution >= 0.6 is 0 Å². The Morgan fingerprint density at radius 1 is 0.786 bits per heavy atom. The second-order valence-corrected chi connectivity index (χ2v) is 8.65. The lowest BCUT2D eigenvalue weighted by Crippen LogP contribution is -2.44. The van der Waals surface area contributed by atoms with Crippen molar-refractivity contribution in [2.24, 2.45) is 5.92 Å². The van der Waals surface area contributed by atoms with Crippen LogP contribution in [0.3, 0.4) is 0 Å². The van der Waals surface area contributed by atoms with Crippen LogP contribution < -0.4 is 0 Å². The average molecular weight is 385 g/mol. The number of fused-ring (bicyclic) bond motifs is 1. The minimum absolute atomic E-state index is 0.0410. The second kappa shape index (κ2) is 8.54. The third-order valence-corrected chi connectivity index (χ3v) is 6.74. The predicted molar refractivity (Wildman–Crippen MR) is 108 cm³/mol. The Morgan fingerprint density at radius 2 is 1.39 bits per heavy atom. The minimum Gasteiger partial charge on any atom is -0.507 e. The van der Waals surface area contributed by atoms with Gasteiger partial charge in [-0.3, -0.25) is 9.59 Å². The number of rotatable bonds is 2. The molecule has 0 atom stereocenters. The van der Waals surface area contributed by atoms with Crippen molar-refractivity contribution in [3.05, 3.63) is 28.8 Å². The van der Waals surface area contributed by atoms with Gasteiger partial charge in [-0.15, -0.1) is 0 Å². The summed E-state index contributed by atoms with van der Waals surface area (Å²) in [6.07, 6.45) is 10.4. The Kier molecular flexibility index (Phi) is 5.88. The van der Waals surface area contributed by atoms with E-state index in [1.165, 1.54) is 24.0 Å². The summed E-state index contributed by atoms with van der Waals surface area (Å²) < 4.78 is 0. The quantitative estimate of drug-likeness (QED) is 0.849. The second-order valence-electron chi connectivity index (χ2n) is 8.65. The number of amides is 2. The van der Waals surface area contributed by atoms with Gasteiger partial charge in [0, 0.05) is 32.1 Å². The van der Waals surface area contributed by atoms with E-state index in [2.05, 4.69) is 0 Å². The highest BCUT2D eigenvalue weighted by atomic mass is 16.3. The first-order valence-electron chi connectivity index (χ1n) is 11.1. The van der Waals surface area contributed by atoms with Crippen LogP contribution in [0.25, 0.3) is 0 Å². The first kappa shape index (κ1) is 19.3. The smallest absolute Gasteiger partial charge is 0.257 e. The van der Waals surface area contributed by atoms with Crippen molar-refractivity contribution in [2.45, 2.75) is 64.2 Å². The number of aryl methyl sites for hydroxylation is 2. The molecule has 5 nitrogen and oxygen atoms in total. The molecule has 1 N–H and O–H groups in total. The largest absolute Gasteiger partial charge is 0.507 e. The molecule has 2 saturated heterocycles. The van der Waals surface area contributed by atoms with E-state index in [1.54, 1.807) is 6.07 Å². The van der Waals surface area contributed by atoms with E-state index in [0.717, 1.165) is 64.5 Å². The fourth-order valence-corrected chi connectivity index (χ4v) is 4.99. The van der Waals surface area contributed by atoms with Crippen LogP contribution in [0.1, 0.15) is 72.9 Å². The van der Waals surface area contributed by atoms with E-state index < -0.39 is 0 Å². The van der Waals surface area contributed by atoms with Gasteiger partial charge in [0.2, 0.25) is 5.91 Å². The predicted octanol–water partition coefficient (Wildman–Crippen LogP) is 3.53. The summed E-state index contributed by atoms with van der Waals surface area (Å²) in [7, 11) is 0. The molecule has 0 unspecified atom stereocenters. The Bertz CT molecular complexity index is 730. The molecule has 2 amide bonds. The fraction of sp³-hybridized carbons (Fsp3) is 0.652. The highest BCUT2D eigenvalue weighted by Gasteiger charge is 2.31. The first-order valence-corrected chi connectivity index (χ1v) is 11.1. The van der Waals surface area contributed by atoms with Gasteiger partial charge in [0.25, 0.3) is 5.91 Å². The van der Waals surface area contributed by atoms with Crippen LogP contribution in [0.15, 0.2) is 12.1 Å². The van der Waals surface area contributed by atoms with Crippen LogP contribution in [-0.2, 0) is 17.6 Å². The van der Waals surface area contributed by atoms with Gasteiger partial charge in [-0.05, 0) is 74.6 Å². The summed E-state index contributed by atoms with van der Waals surface area (Å²) in [5.41, 5.74) is 2.82. The molecule has 152 valence electrons. The van der Waals surface area contributed by atoms with Crippen molar-refractivity contribution < 1.29 is 14.7 Å². The van der Waals surface area contributed by atoms with Gasteiger partial charge in [0.15, 0.2) is 0 Å². The van der Waals surface area contributed by atoms with Crippen molar-refractivity contribution in [3.8, 4) is 5.75 Å². The number of aromatic hydroxyl groups is 1. The zero-order valence-corrected chi connectivity index (χ0v) is 16.8. The van der Waals surface area contributed by atoms with Gasteiger partial charge >= 0.3 is 0 Å². The molecule has 1 aliphatic carbocycles. The van der Waals surface area contributed by atoms with Gasteiger partial charge in [-0.2, -0.15) is 0 Å². The number of hydrogen-bond donors (Lipinski definition) is 1. The van der Waals surface area contributed by atoms with Gasteiger partial charge in [0.1, 0.15) is 5.75 Å². The molecule has 1 aromatic carbocycles. The van der Waals surface area contributed by atoms with E-state index in [1.807, 2.05) is 15.9 Å². The molecular weight excluding hydrogens is 352 g/mol. The van der Waals surface area contributed by atoms with E-state index in [4.69, 9.17) is 0 Å². The first-order chi connectivity index (χ1) is 13.6. The van der Waals surface area contributed by atoms with Crippen LogP contribution in [0.2, 0.25) is 0 Å². The average Bonchev–Trinajstić information content (AvgIpc) is 3.02. The maximum Gasteiger partial charge on any atom is 0.257 e. The standard InChI is InChI=1S/C23H32N2O3/c26-21-16-19-8-4-3-7-18(19)15-20(21)23(28)25-13-9-17(10-14-25)22(27)24-11-5-1-2-6-12-24/h15-17,26H,1-14H2. The summed E-state index contributed by atoms with van der Waals surface area (Å²) in [5, 5.41) is 10.4. The molecule has 0 aromatic heterocycles. The fourth-order valence-electron chi connectivity index (χ4n) is 4.99. The number of carbonyl (C=O) groups is 2. The summed E-state index contributed by atoms with van der Waals surface area (Å²) in [6, 6.07) is 3.69. The number of carbonyl (C=O) groups excluding carboxylic acids is 2. The van der Waals surface area contributed by atoms with Crippen LogP contribution in [0.4, 0.5) is 0 Å². The minimum atomic E-state index is -0.0912. The van der Waals surface area contributed by atoms with Crippen molar-refractivity contribution in [1.82, 2.24) is 9.80 Å². The number of phenolic OH excluding ortho intramolecular Hbond substituents is 1. The highest BCUT2D eigenvalue weighted by Crippen LogP contribution is 2.30. The maximum absolute atomic E-state index is 13.0. The third kappa shape index (κ3) is 4.03. The Balaban J connectivity index is 1.38. The third-order valence-electron chi connectivity index (χ3n) is 6.74. The lowest BCUT2D eigenvalue weighted by atomic mass is 9.89. The summed E-state index contributed by atoms with van der Waals surface area (Å²) in [6.45, 7) is 2.97. The molecular formula is C23H32N2O3. The molecule has 3 aliphatic rings. The van der Waals surface area contributed by atoms with E-state index in [0.29, 0.717) is 18.7 Å². The number of piperidine rings is 1. The van der Waals surface area contributed by atoms with Gasteiger partial charge in [-0.1, -0.05) is 12.8 Å². The lowest BCUT2D eigenvalue weighted by Gasteiger charge is -2.34. The Morgan fingerprint density at radius 3 is 2.04 bits per heavy atom. The van der Waals surface area contributed by atoms with Gasteiger partial charge in [0.05, 0.1) is 5.56 Å². The molecule has 0 radical (unpaired) electrons. The van der Waals surface area contributed by atoms with Crippen LogP contribution in [0, 0.1) is 5.92 Å². The molecule has 4 rings (SSSR count). The van der Waals surface area contributed by atoms with Crippen molar-refractivity contribution in [3.63, 3.8) is 0 Å². The van der Waals surface area contributed by atoms with Gasteiger partial charge < -0.3 is 14.9 Å². The molecule has 0 bridgehead atoms. The molecule has 2 aliphatic heterocycles. The zero-order valence-electron chi connectivity index (χ0n) is 16.8. The van der Waals surface area contributed by atoms with Crippen molar-refractivity contribution >= 4 is 11.8 Å². The summed E-state index contributed by atoms with van der Waals surface area (Å²) >= 11 is 0. The van der Waals surface area contributed by atoms with E-state index in [9.17, 15) is 14.7 Å². The molecule has 2 heterocycles. The topological polar surface area (TPSA) is 60.9 Å². The SMILES string of the molecule is O=C(c1cc2c(cc1O)CCCC2)N1CCC(C(=O)N2CCCCCC2)CC1. The maximum atomic E-state index is 13.0. The Hall–Kier alpha value is -2.04. The number of likely N-dealkylation sites (tertiary alicyclic amines) is 2. The molecule has 5 heteroatoms. The normalized spacial score (nSPS) is 21.1. The summed E-state index contributed by atoms with van der Waals surface area (Å²) in [4.78, 5) is 29.7. The monoisotopic (exact) mass is 384 g/mol. The number of benzene rings is 1. The molecule has 0 spiro atoms. The van der Waals surface area contributed by atoms with Crippen LogP contribution in [0.5, 0.6) is 5.75 Å². The lowest BCUT2D eigenvalue weighted by molar-refractivity contribution is -0.136. The molecule has 1 aromatic rings. The number of nitrogens with zero attached hydrogens (tertiary/aromatic N) is 2. The van der Waals surface area contributed by atoms with Crippen LogP contribution in [-0.4, -0.2) is 52.9 Å². The van der Waals surface area contributed by atoms with E-state index in [-0.39, 0.29) is 23.5 Å². The molecule has 0 saturated carbocycles. The summed E-state index contributed by atoms with van der Waals surface area (Å²) in [5.74, 6) is 0.338. The molecule has 28 heavy (non-hydrogen) atoms. The zero-order chi connectivity index (χ0) is 19.5. The highest BCUT2D eigenvalue weighted by molar-refractivity contribution is 5.97. The number of hydrogen-bond acceptors (Lipinski definition) is 3. The number of phenols is 1.